The smallest absolute Gasteiger partial charge is 0.276 e. The third-order valence-corrected chi connectivity index (χ3v) is 4.43. The Balaban J connectivity index is 1.74. The molecule has 2 amide bonds. The molecule has 0 aromatic carbocycles. The maximum atomic E-state index is 12.6. The summed E-state index contributed by atoms with van der Waals surface area (Å²) in [5, 5.41) is 9.82. The van der Waals surface area contributed by atoms with Crippen LogP contribution in [0.2, 0.25) is 0 Å². The standard InChI is InChI=1S/C16H21N3O3/c1-11(20)19(12-6-7-12)10-13-4-3-9-18(13)16(22)15-14(21)5-2-8-17-15/h2,5,8,12-13,21H,3-4,6-7,9-10H2,1H3/t13-/m0/s1. The maximum absolute atomic E-state index is 12.6. The van der Waals surface area contributed by atoms with Crippen molar-refractivity contribution < 1.29 is 14.7 Å². The number of rotatable bonds is 4. The SMILES string of the molecule is CC(=O)N(C[C@@H]1CCCN1C(=O)c1ncccc1O)C1CC1. The molecule has 0 radical (unpaired) electrons. The molecule has 118 valence electrons. The van der Waals surface area contributed by atoms with Crippen LogP contribution >= 0.6 is 0 Å². The number of likely N-dealkylation sites (tertiary alicyclic amines) is 1. The van der Waals surface area contributed by atoms with Crippen LogP contribution in [0.15, 0.2) is 18.3 Å². The molecule has 0 bridgehead atoms. The molecule has 6 heteroatoms. The van der Waals surface area contributed by atoms with Gasteiger partial charge in [0.05, 0.1) is 0 Å². The van der Waals surface area contributed by atoms with E-state index in [1.165, 1.54) is 12.3 Å². The van der Waals surface area contributed by atoms with Crippen LogP contribution in [0.5, 0.6) is 5.75 Å². The first-order valence-electron chi connectivity index (χ1n) is 7.80. The number of hydrogen-bond donors (Lipinski definition) is 1. The second-order valence-electron chi connectivity index (χ2n) is 6.07. The zero-order valence-electron chi connectivity index (χ0n) is 12.7. The second kappa shape index (κ2) is 5.94. The Kier molecular flexibility index (Phi) is 4.00. The third-order valence-electron chi connectivity index (χ3n) is 4.43. The van der Waals surface area contributed by atoms with Crippen molar-refractivity contribution in [3.63, 3.8) is 0 Å². The van der Waals surface area contributed by atoms with Crippen molar-refractivity contribution in [1.82, 2.24) is 14.8 Å². The van der Waals surface area contributed by atoms with E-state index in [0.29, 0.717) is 19.1 Å². The van der Waals surface area contributed by atoms with Crippen molar-refractivity contribution in [1.29, 1.82) is 0 Å². The van der Waals surface area contributed by atoms with E-state index in [-0.39, 0.29) is 29.3 Å². The molecule has 2 heterocycles. The number of nitrogens with zero attached hydrogens (tertiary/aromatic N) is 3. The van der Waals surface area contributed by atoms with Gasteiger partial charge in [-0.15, -0.1) is 0 Å². The van der Waals surface area contributed by atoms with Gasteiger partial charge in [-0.25, -0.2) is 4.98 Å². The van der Waals surface area contributed by atoms with Crippen LogP contribution in [0.25, 0.3) is 0 Å². The first-order chi connectivity index (χ1) is 10.6. The van der Waals surface area contributed by atoms with Gasteiger partial charge in [-0.2, -0.15) is 0 Å². The van der Waals surface area contributed by atoms with Gasteiger partial charge in [0.15, 0.2) is 5.69 Å². The number of amides is 2. The van der Waals surface area contributed by atoms with Gasteiger partial charge in [-0.1, -0.05) is 0 Å². The van der Waals surface area contributed by atoms with Crippen LogP contribution in [0, 0.1) is 0 Å². The lowest BCUT2D eigenvalue weighted by Gasteiger charge is -2.30. The highest BCUT2D eigenvalue weighted by molar-refractivity contribution is 5.95. The minimum Gasteiger partial charge on any atom is -0.505 e. The average molecular weight is 303 g/mol. The van der Waals surface area contributed by atoms with E-state index in [1.54, 1.807) is 17.9 Å². The molecule has 1 saturated heterocycles. The summed E-state index contributed by atoms with van der Waals surface area (Å²) >= 11 is 0. The van der Waals surface area contributed by atoms with E-state index in [4.69, 9.17) is 0 Å². The van der Waals surface area contributed by atoms with Gasteiger partial charge < -0.3 is 14.9 Å². The quantitative estimate of drug-likeness (QED) is 0.912. The molecule has 0 unspecified atom stereocenters. The van der Waals surface area contributed by atoms with Crippen molar-refractivity contribution in [2.45, 2.75) is 44.7 Å². The van der Waals surface area contributed by atoms with Gasteiger partial charge in [-0.05, 0) is 37.8 Å². The molecule has 6 nitrogen and oxygen atoms in total. The predicted octanol–water partition coefficient (Wildman–Crippen LogP) is 1.40. The molecule has 1 aliphatic carbocycles. The van der Waals surface area contributed by atoms with Crippen molar-refractivity contribution >= 4 is 11.8 Å². The van der Waals surface area contributed by atoms with Crippen LogP contribution < -0.4 is 0 Å². The van der Waals surface area contributed by atoms with Crippen LogP contribution in [0.1, 0.15) is 43.1 Å². The molecule has 0 spiro atoms. The number of pyridine rings is 1. The van der Waals surface area contributed by atoms with Crippen LogP contribution in [-0.4, -0.2) is 56.9 Å². The Hall–Kier alpha value is -2.11. The van der Waals surface area contributed by atoms with Gasteiger partial charge in [0.2, 0.25) is 5.91 Å². The average Bonchev–Trinajstić information content (AvgIpc) is 3.22. The molecule has 1 aliphatic heterocycles. The molecule has 22 heavy (non-hydrogen) atoms. The fraction of sp³-hybridized carbons (Fsp3) is 0.562. The largest absolute Gasteiger partial charge is 0.505 e. The fourth-order valence-electron chi connectivity index (χ4n) is 3.14. The Labute approximate surface area is 129 Å². The summed E-state index contributed by atoms with van der Waals surface area (Å²) < 4.78 is 0. The molecule has 1 saturated carbocycles. The molecule has 2 fully saturated rings. The minimum atomic E-state index is -0.250. The lowest BCUT2D eigenvalue weighted by atomic mass is 10.2. The molecule has 1 atom stereocenters. The summed E-state index contributed by atoms with van der Waals surface area (Å²) in [5.41, 5.74) is 0.0928. The van der Waals surface area contributed by atoms with Crippen molar-refractivity contribution in [2.75, 3.05) is 13.1 Å². The summed E-state index contributed by atoms with van der Waals surface area (Å²) in [5.74, 6) is -0.272. The van der Waals surface area contributed by atoms with Gasteiger partial charge in [-0.3, -0.25) is 9.59 Å². The van der Waals surface area contributed by atoms with Crippen molar-refractivity contribution in [3.05, 3.63) is 24.0 Å². The molecule has 1 aromatic rings. The number of carbonyl (C=O) groups excluding carboxylic acids is 2. The summed E-state index contributed by atoms with van der Waals surface area (Å²) in [6.45, 7) is 2.82. The molecular formula is C16H21N3O3. The van der Waals surface area contributed by atoms with Crippen molar-refractivity contribution in [3.8, 4) is 5.75 Å². The highest BCUT2D eigenvalue weighted by atomic mass is 16.3. The zero-order chi connectivity index (χ0) is 15.7. The summed E-state index contributed by atoms with van der Waals surface area (Å²) in [6, 6.07) is 3.42. The minimum absolute atomic E-state index is 0.0124. The monoisotopic (exact) mass is 303 g/mol. The lowest BCUT2D eigenvalue weighted by molar-refractivity contribution is -0.130. The molecule has 3 rings (SSSR count). The Bertz CT molecular complexity index is 586. The fourth-order valence-corrected chi connectivity index (χ4v) is 3.14. The van der Waals surface area contributed by atoms with Crippen molar-refractivity contribution in [2.24, 2.45) is 0 Å². The Morgan fingerprint density at radius 3 is 2.82 bits per heavy atom. The molecule has 1 N–H and O–H groups in total. The van der Waals surface area contributed by atoms with E-state index in [0.717, 1.165) is 25.7 Å². The summed E-state index contributed by atoms with van der Waals surface area (Å²) in [7, 11) is 0. The lowest BCUT2D eigenvalue weighted by Crippen LogP contribution is -2.45. The van der Waals surface area contributed by atoms with E-state index >= 15 is 0 Å². The number of hydrogen-bond acceptors (Lipinski definition) is 4. The van der Waals surface area contributed by atoms with E-state index in [9.17, 15) is 14.7 Å². The predicted molar refractivity (Wildman–Crippen MR) is 80.4 cm³/mol. The molecule has 1 aromatic heterocycles. The first-order valence-corrected chi connectivity index (χ1v) is 7.80. The molecule has 2 aliphatic rings. The van der Waals surface area contributed by atoms with Crippen LogP contribution in [0.4, 0.5) is 0 Å². The van der Waals surface area contributed by atoms with Gasteiger partial charge >= 0.3 is 0 Å². The van der Waals surface area contributed by atoms with Gasteiger partial charge in [0, 0.05) is 38.3 Å². The van der Waals surface area contributed by atoms with E-state index < -0.39 is 0 Å². The van der Waals surface area contributed by atoms with E-state index in [1.807, 2.05) is 4.90 Å². The maximum Gasteiger partial charge on any atom is 0.276 e. The summed E-state index contributed by atoms with van der Waals surface area (Å²) in [6.07, 6.45) is 5.42. The highest BCUT2D eigenvalue weighted by Gasteiger charge is 2.37. The highest BCUT2D eigenvalue weighted by Crippen LogP contribution is 2.30. The number of carbonyl (C=O) groups is 2. The second-order valence-corrected chi connectivity index (χ2v) is 6.07. The van der Waals surface area contributed by atoms with Gasteiger partial charge in [0.1, 0.15) is 5.75 Å². The third kappa shape index (κ3) is 2.91. The van der Waals surface area contributed by atoms with E-state index in [2.05, 4.69) is 4.98 Å². The van der Waals surface area contributed by atoms with Crippen LogP contribution in [0.3, 0.4) is 0 Å². The number of aromatic nitrogens is 1. The molecular weight excluding hydrogens is 282 g/mol. The number of aromatic hydroxyl groups is 1. The van der Waals surface area contributed by atoms with Crippen LogP contribution in [-0.2, 0) is 4.79 Å². The van der Waals surface area contributed by atoms with Gasteiger partial charge in [0.25, 0.3) is 5.91 Å². The Morgan fingerprint density at radius 2 is 2.18 bits per heavy atom. The zero-order valence-corrected chi connectivity index (χ0v) is 12.7. The topological polar surface area (TPSA) is 73.7 Å². The Morgan fingerprint density at radius 1 is 1.41 bits per heavy atom. The first kappa shape index (κ1) is 14.8. The summed E-state index contributed by atoms with van der Waals surface area (Å²) in [4.78, 5) is 32.0. The normalized spacial score (nSPS) is 21.0.